The SMILES string of the molecule is CC1CN(CC2CCC3CCCCC3N2)CC1C. The molecule has 1 saturated carbocycles. The molecule has 5 atom stereocenters. The van der Waals surface area contributed by atoms with Crippen molar-refractivity contribution >= 4 is 0 Å². The van der Waals surface area contributed by atoms with Gasteiger partial charge in [-0.3, -0.25) is 0 Å². The molecule has 1 N–H and O–H groups in total. The number of nitrogens with zero attached hydrogens (tertiary/aromatic N) is 1. The van der Waals surface area contributed by atoms with E-state index < -0.39 is 0 Å². The van der Waals surface area contributed by atoms with Crippen molar-refractivity contribution in [2.45, 2.75) is 64.5 Å². The van der Waals surface area contributed by atoms with Gasteiger partial charge in [-0.2, -0.15) is 0 Å². The Labute approximate surface area is 113 Å². The summed E-state index contributed by atoms with van der Waals surface area (Å²) in [6.07, 6.45) is 8.77. The molecule has 0 aromatic heterocycles. The number of hydrogen-bond donors (Lipinski definition) is 1. The average Bonchev–Trinajstić information content (AvgIpc) is 2.68. The lowest BCUT2D eigenvalue weighted by molar-refractivity contribution is 0.151. The van der Waals surface area contributed by atoms with E-state index in [1.54, 1.807) is 0 Å². The lowest BCUT2D eigenvalue weighted by Crippen LogP contribution is -2.52. The molecular formula is C16H30N2. The van der Waals surface area contributed by atoms with E-state index in [9.17, 15) is 0 Å². The molecule has 2 saturated heterocycles. The first-order valence-electron chi connectivity index (χ1n) is 8.21. The summed E-state index contributed by atoms with van der Waals surface area (Å²) in [7, 11) is 0. The monoisotopic (exact) mass is 250 g/mol. The van der Waals surface area contributed by atoms with Gasteiger partial charge in [0, 0.05) is 31.7 Å². The summed E-state index contributed by atoms with van der Waals surface area (Å²) in [6.45, 7) is 8.78. The van der Waals surface area contributed by atoms with Crippen LogP contribution in [0.25, 0.3) is 0 Å². The second kappa shape index (κ2) is 5.50. The van der Waals surface area contributed by atoms with Crippen LogP contribution < -0.4 is 5.32 Å². The minimum atomic E-state index is 0.779. The topological polar surface area (TPSA) is 15.3 Å². The molecule has 2 aliphatic heterocycles. The van der Waals surface area contributed by atoms with Crippen molar-refractivity contribution in [2.75, 3.05) is 19.6 Å². The van der Waals surface area contributed by atoms with Crippen LogP contribution in [0.15, 0.2) is 0 Å². The van der Waals surface area contributed by atoms with E-state index in [1.807, 2.05) is 0 Å². The van der Waals surface area contributed by atoms with Crippen LogP contribution in [0.3, 0.4) is 0 Å². The van der Waals surface area contributed by atoms with Crippen molar-refractivity contribution in [2.24, 2.45) is 17.8 Å². The summed E-state index contributed by atoms with van der Waals surface area (Å²) in [5.41, 5.74) is 0. The maximum absolute atomic E-state index is 3.97. The molecule has 2 nitrogen and oxygen atoms in total. The van der Waals surface area contributed by atoms with Crippen molar-refractivity contribution in [3.63, 3.8) is 0 Å². The highest BCUT2D eigenvalue weighted by Crippen LogP contribution is 2.33. The molecule has 0 spiro atoms. The highest BCUT2D eigenvalue weighted by atomic mass is 15.2. The summed E-state index contributed by atoms with van der Waals surface area (Å²) in [6, 6.07) is 1.64. The Morgan fingerprint density at radius 3 is 2.44 bits per heavy atom. The largest absolute Gasteiger partial charge is 0.310 e. The molecule has 3 aliphatic rings. The Morgan fingerprint density at radius 1 is 0.944 bits per heavy atom. The van der Waals surface area contributed by atoms with E-state index in [4.69, 9.17) is 0 Å². The van der Waals surface area contributed by atoms with Crippen LogP contribution in [-0.4, -0.2) is 36.6 Å². The summed E-state index contributed by atoms with van der Waals surface area (Å²) in [5, 5.41) is 3.97. The Balaban J connectivity index is 1.49. The van der Waals surface area contributed by atoms with Crippen LogP contribution in [-0.2, 0) is 0 Å². The summed E-state index contributed by atoms with van der Waals surface area (Å²) < 4.78 is 0. The highest BCUT2D eigenvalue weighted by molar-refractivity contribution is 4.91. The smallest absolute Gasteiger partial charge is 0.0197 e. The molecule has 3 fully saturated rings. The first-order chi connectivity index (χ1) is 8.72. The van der Waals surface area contributed by atoms with Gasteiger partial charge in [0.15, 0.2) is 0 Å². The van der Waals surface area contributed by atoms with E-state index in [0.717, 1.165) is 29.8 Å². The number of hydrogen-bond acceptors (Lipinski definition) is 2. The number of nitrogens with one attached hydrogen (secondary N) is 1. The fraction of sp³-hybridized carbons (Fsp3) is 1.00. The van der Waals surface area contributed by atoms with E-state index in [1.165, 1.54) is 58.2 Å². The third-order valence-corrected chi connectivity index (χ3v) is 5.79. The quantitative estimate of drug-likeness (QED) is 0.811. The molecule has 0 radical (unpaired) electrons. The van der Waals surface area contributed by atoms with Crippen LogP contribution in [0.4, 0.5) is 0 Å². The molecule has 2 heterocycles. The third-order valence-electron chi connectivity index (χ3n) is 5.79. The fourth-order valence-corrected chi connectivity index (χ4v) is 4.43. The van der Waals surface area contributed by atoms with E-state index in [0.29, 0.717) is 0 Å². The predicted molar refractivity (Wildman–Crippen MR) is 76.7 cm³/mol. The molecule has 1 aliphatic carbocycles. The molecule has 3 rings (SSSR count). The summed E-state index contributed by atoms with van der Waals surface area (Å²) in [5.74, 6) is 2.80. The van der Waals surface area contributed by atoms with Crippen LogP contribution in [0.2, 0.25) is 0 Å². The first kappa shape index (κ1) is 12.9. The molecule has 104 valence electrons. The maximum atomic E-state index is 3.97. The number of piperidine rings is 1. The van der Waals surface area contributed by atoms with Gasteiger partial charge in [0.2, 0.25) is 0 Å². The molecule has 5 unspecified atom stereocenters. The zero-order valence-corrected chi connectivity index (χ0v) is 12.2. The predicted octanol–water partition coefficient (Wildman–Crippen LogP) is 2.89. The minimum absolute atomic E-state index is 0.779. The van der Waals surface area contributed by atoms with Gasteiger partial charge in [0.25, 0.3) is 0 Å². The molecule has 0 bridgehead atoms. The second-order valence-corrected chi connectivity index (χ2v) is 7.27. The van der Waals surface area contributed by atoms with Crippen LogP contribution in [0.1, 0.15) is 52.4 Å². The minimum Gasteiger partial charge on any atom is -0.310 e. The Hall–Kier alpha value is -0.0800. The van der Waals surface area contributed by atoms with E-state index >= 15 is 0 Å². The van der Waals surface area contributed by atoms with Crippen molar-refractivity contribution in [1.29, 1.82) is 0 Å². The van der Waals surface area contributed by atoms with E-state index in [2.05, 4.69) is 24.1 Å². The average molecular weight is 250 g/mol. The van der Waals surface area contributed by atoms with Gasteiger partial charge in [-0.25, -0.2) is 0 Å². The lowest BCUT2D eigenvalue weighted by atomic mass is 9.78. The van der Waals surface area contributed by atoms with Gasteiger partial charge >= 0.3 is 0 Å². The molecule has 2 heteroatoms. The number of likely N-dealkylation sites (tertiary alicyclic amines) is 1. The van der Waals surface area contributed by atoms with Crippen LogP contribution in [0.5, 0.6) is 0 Å². The molecule has 0 aromatic carbocycles. The van der Waals surface area contributed by atoms with Gasteiger partial charge in [-0.1, -0.05) is 26.7 Å². The van der Waals surface area contributed by atoms with Gasteiger partial charge < -0.3 is 10.2 Å². The van der Waals surface area contributed by atoms with Gasteiger partial charge in [-0.15, -0.1) is 0 Å². The first-order valence-corrected chi connectivity index (χ1v) is 8.21. The van der Waals surface area contributed by atoms with Gasteiger partial charge in [0.05, 0.1) is 0 Å². The highest BCUT2D eigenvalue weighted by Gasteiger charge is 2.34. The standard InChI is InChI=1S/C16H30N2/c1-12-9-18(10-13(12)2)11-15-8-7-14-5-3-4-6-16(14)17-15/h12-17H,3-11H2,1-2H3. The second-order valence-electron chi connectivity index (χ2n) is 7.27. The van der Waals surface area contributed by atoms with Crippen molar-refractivity contribution in [3.05, 3.63) is 0 Å². The molecule has 0 amide bonds. The fourth-order valence-electron chi connectivity index (χ4n) is 4.43. The Morgan fingerprint density at radius 2 is 1.67 bits per heavy atom. The van der Waals surface area contributed by atoms with Crippen molar-refractivity contribution in [1.82, 2.24) is 10.2 Å². The number of fused-ring (bicyclic) bond motifs is 1. The van der Waals surface area contributed by atoms with Crippen molar-refractivity contribution in [3.8, 4) is 0 Å². The summed E-state index contributed by atoms with van der Waals surface area (Å²) in [4.78, 5) is 2.70. The Bertz CT molecular complexity index is 268. The van der Waals surface area contributed by atoms with E-state index in [-0.39, 0.29) is 0 Å². The Kier molecular flexibility index (Phi) is 3.95. The van der Waals surface area contributed by atoms with Crippen molar-refractivity contribution < 1.29 is 0 Å². The molecule has 18 heavy (non-hydrogen) atoms. The maximum Gasteiger partial charge on any atom is 0.0197 e. The normalized spacial score (nSPS) is 46.0. The number of rotatable bonds is 2. The summed E-state index contributed by atoms with van der Waals surface area (Å²) >= 11 is 0. The van der Waals surface area contributed by atoms with Crippen LogP contribution in [0, 0.1) is 17.8 Å². The van der Waals surface area contributed by atoms with Gasteiger partial charge in [-0.05, 0) is 43.4 Å². The zero-order chi connectivity index (χ0) is 12.5. The van der Waals surface area contributed by atoms with Gasteiger partial charge in [0.1, 0.15) is 0 Å². The zero-order valence-electron chi connectivity index (χ0n) is 12.2. The molecular weight excluding hydrogens is 220 g/mol. The van der Waals surface area contributed by atoms with Crippen LogP contribution >= 0.6 is 0 Å². The molecule has 0 aromatic rings. The third kappa shape index (κ3) is 2.75. The lowest BCUT2D eigenvalue weighted by Gasteiger charge is -2.41.